The number of hydrogen-bond acceptors (Lipinski definition) is 6. The molecular formula is C19H15N3O2S. The third kappa shape index (κ3) is 3.12. The van der Waals surface area contributed by atoms with Gasteiger partial charge in [-0.3, -0.25) is 0 Å². The first-order valence-electron chi connectivity index (χ1n) is 7.70. The van der Waals surface area contributed by atoms with Gasteiger partial charge < -0.3 is 15.2 Å². The van der Waals surface area contributed by atoms with Crippen molar-refractivity contribution in [1.82, 2.24) is 4.98 Å². The maximum absolute atomic E-state index is 10.1. The Bertz CT molecular complexity index is 1050. The molecular weight excluding hydrogens is 334 g/mol. The standard InChI is InChI=1S/C19H15N3O2S/c1-24-16-9-5-4-8-15(16)21-19-22-18(23)17(25-19)11-13-10-12-6-2-3-7-14(12)20-13/h2-11,23H,1H3,(H,21,22)/b13-11-. The molecule has 0 atom stereocenters. The lowest BCUT2D eigenvalue weighted by molar-refractivity contribution is 0.417. The molecule has 0 amide bonds. The van der Waals surface area contributed by atoms with E-state index >= 15 is 0 Å². The molecule has 0 spiro atoms. The minimum absolute atomic E-state index is 0.0190. The molecule has 1 aliphatic rings. The Labute approximate surface area is 148 Å². The summed E-state index contributed by atoms with van der Waals surface area (Å²) >= 11 is 1.35. The molecule has 1 aliphatic heterocycles. The molecule has 2 N–H and O–H groups in total. The highest BCUT2D eigenvalue weighted by Gasteiger charge is 2.11. The van der Waals surface area contributed by atoms with Crippen molar-refractivity contribution < 1.29 is 9.84 Å². The van der Waals surface area contributed by atoms with E-state index in [1.165, 1.54) is 11.3 Å². The van der Waals surface area contributed by atoms with Gasteiger partial charge in [0.15, 0.2) is 5.13 Å². The number of methoxy groups -OCH3 is 1. The van der Waals surface area contributed by atoms with Crippen LogP contribution in [-0.2, 0) is 0 Å². The number of nitrogens with one attached hydrogen (secondary N) is 1. The smallest absolute Gasteiger partial charge is 0.231 e. The number of hydrogen-bond donors (Lipinski definition) is 2. The van der Waals surface area contributed by atoms with Crippen LogP contribution in [-0.4, -0.2) is 17.2 Å². The molecule has 3 aromatic rings. The molecule has 0 unspecified atom stereocenters. The van der Waals surface area contributed by atoms with Gasteiger partial charge in [0, 0.05) is 5.22 Å². The Hall–Kier alpha value is -3.12. The number of allylic oxidation sites excluding steroid dienone is 1. The minimum Gasteiger partial charge on any atom is -0.495 e. The number of benzene rings is 2. The van der Waals surface area contributed by atoms with E-state index in [0.29, 0.717) is 15.8 Å². The quantitative estimate of drug-likeness (QED) is 0.760. The average molecular weight is 349 g/mol. The van der Waals surface area contributed by atoms with Crippen LogP contribution in [0.15, 0.2) is 59.2 Å². The second-order valence-electron chi connectivity index (χ2n) is 5.42. The SMILES string of the molecule is COc1ccccc1Nc1nc(O)c(/C=C2/C=c3ccccc3=N2)s1. The molecule has 4 rings (SSSR count). The maximum atomic E-state index is 10.1. The highest BCUT2D eigenvalue weighted by molar-refractivity contribution is 7.16. The number of anilines is 2. The minimum atomic E-state index is -0.0190. The first-order valence-corrected chi connectivity index (χ1v) is 8.51. The normalized spacial score (nSPS) is 13.9. The lowest BCUT2D eigenvalue weighted by atomic mass is 10.3. The van der Waals surface area contributed by atoms with Gasteiger partial charge in [-0.05, 0) is 30.4 Å². The van der Waals surface area contributed by atoms with Crippen molar-refractivity contribution in [3.05, 3.63) is 69.7 Å². The molecule has 25 heavy (non-hydrogen) atoms. The number of para-hydroxylation sites is 3. The van der Waals surface area contributed by atoms with Gasteiger partial charge >= 0.3 is 0 Å². The topological polar surface area (TPSA) is 66.7 Å². The van der Waals surface area contributed by atoms with Crippen LogP contribution in [0.5, 0.6) is 11.6 Å². The van der Waals surface area contributed by atoms with Gasteiger partial charge in [0.05, 0.1) is 28.7 Å². The van der Waals surface area contributed by atoms with E-state index in [9.17, 15) is 5.11 Å². The van der Waals surface area contributed by atoms with Crippen LogP contribution in [0.2, 0.25) is 0 Å². The fraction of sp³-hybridized carbons (Fsp3) is 0.0526. The number of ether oxygens (including phenoxy) is 1. The Morgan fingerprint density at radius 3 is 2.76 bits per heavy atom. The van der Waals surface area contributed by atoms with E-state index in [0.717, 1.165) is 22.0 Å². The summed E-state index contributed by atoms with van der Waals surface area (Å²) in [5, 5.41) is 15.9. The van der Waals surface area contributed by atoms with Crippen molar-refractivity contribution in [2.75, 3.05) is 12.4 Å². The van der Waals surface area contributed by atoms with E-state index < -0.39 is 0 Å². The molecule has 2 aromatic carbocycles. The first kappa shape index (κ1) is 15.4. The van der Waals surface area contributed by atoms with Crippen molar-refractivity contribution in [1.29, 1.82) is 0 Å². The zero-order valence-electron chi connectivity index (χ0n) is 13.4. The Kier molecular flexibility index (Phi) is 3.95. The number of rotatable bonds is 4. The van der Waals surface area contributed by atoms with Gasteiger partial charge in [0.1, 0.15) is 5.75 Å². The Morgan fingerprint density at radius 1 is 1.12 bits per heavy atom. The lowest BCUT2D eigenvalue weighted by Crippen LogP contribution is -2.19. The summed E-state index contributed by atoms with van der Waals surface area (Å²) in [6.07, 6.45) is 3.82. The maximum Gasteiger partial charge on any atom is 0.231 e. The number of nitrogens with zero attached hydrogens (tertiary/aromatic N) is 2. The molecule has 0 saturated carbocycles. The average Bonchev–Trinajstić information content (AvgIpc) is 3.18. The van der Waals surface area contributed by atoms with Crippen molar-refractivity contribution in [3.8, 4) is 11.6 Å². The van der Waals surface area contributed by atoms with E-state index in [2.05, 4.69) is 15.3 Å². The zero-order valence-corrected chi connectivity index (χ0v) is 14.2. The van der Waals surface area contributed by atoms with Crippen molar-refractivity contribution in [3.63, 3.8) is 0 Å². The van der Waals surface area contributed by atoms with E-state index in [-0.39, 0.29) is 5.88 Å². The monoisotopic (exact) mass is 349 g/mol. The molecule has 2 heterocycles. The molecule has 0 fully saturated rings. The first-order chi connectivity index (χ1) is 12.2. The van der Waals surface area contributed by atoms with E-state index in [1.807, 2.05) is 60.7 Å². The highest BCUT2D eigenvalue weighted by Crippen LogP contribution is 2.34. The molecule has 5 nitrogen and oxygen atoms in total. The molecule has 0 bridgehead atoms. The summed E-state index contributed by atoms with van der Waals surface area (Å²) in [4.78, 5) is 9.37. The summed E-state index contributed by atoms with van der Waals surface area (Å²) in [5.74, 6) is 0.695. The van der Waals surface area contributed by atoms with Crippen LogP contribution >= 0.6 is 11.3 Å². The zero-order chi connectivity index (χ0) is 17.2. The summed E-state index contributed by atoms with van der Waals surface area (Å²) in [7, 11) is 1.62. The fourth-order valence-corrected chi connectivity index (χ4v) is 3.40. The Morgan fingerprint density at radius 2 is 1.92 bits per heavy atom. The van der Waals surface area contributed by atoms with Crippen LogP contribution in [0.3, 0.4) is 0 Å². The number of aromatic hydroxyl groups is 1. The molecule has 6 heteroatoms. The van der Waals surface area contributed by atoms with E-state index in [4.69, 9.17) is 4.74 Å². The largest absolute Gasteiger partial charge is 0.495 e. The predicted molar refractivity (Wildman–Crippen MR) is 99.7 cm³/mol. The van der Waals surface area contributed by atoms with Crippen molar-refractivity contribution >= 4 is 34.3 Å². The number of aromatic nitrogens is 1. The van der Waals surface area contributed by atoms with E-state index in [1.54, 1.807) is 7.11 Å². The van der Waals surface area contributed by atoms with Gasteiger partial charge in [-0.2, -0.15) is 4.98 Å². The number of fused-ring (bicyclic) bond motifs is 1. The summed E-state index contributed by atoms with van der Waals surface area (Å²) in [5.41, 5.74) is 1.59. The number of thiazole rings is 1. The molecule has 1 aromatic heterocycles. The second kappa shape index (κ2) is 6.41. The molecule has 124 valence electrons. The summed E-state index contributed by atoms with van der Waals surface area (Å²) in [6.45, 7) is 0. The third-order valence-corrected chi connectivity index (χ3v) is 4.66. The summed E-state index contributed by atoms with van der Waals surface area (Å²) < 4.78 is 5.32. The fourth-order valence-electron chi connectivity index (χ4n) is 2.58. The van der Waals surface area contributed by atoms with Crippen LogP contribution in [0.4, 0.5) is 10.8 Å². The van der Waals surface area contributed by atoms with Gasteiger partial charge in [-0.25, -0.2) is 4.99 Å². The van der Waals surface area contributed by atoms with Crippen LogP contribution < -0.4 is 20.6 Å². The van der Waals surface area contributed by atoms with Crippen LogP contribution in [0.25, 0.3) is 12.2 Å². The lowest BCUT2D eigenvalue weighted by Gasteiger charge is -2.07. The second-order valence-corrected chi connectivity index (χ2v) is 6.45. The van der Waals surface area contributed by atoms with Gasteiger partial charge in [-0.15, -0.1) is 0 Å². The Balaban J connectivity index is 1.63. The van der Waals surface area contributed by atoms with Gasteiger partial charge in [0.25, 0.3) is 0 Å². The third-order valence-electron chi connectivity index (χ3n) is 3.75. The van der Waals surface area contributed by atoms with Gasteiger partial charge in [-0.1, -0.05) is 41.7 Å². The van der Waals surface area contributed by atoms with Crippen molar-refractivity contribution in [2.45, 2.75) is 0 Å². The van der Waals surface area contributed by atoms with Crippen molar-refractivity contribution in [2.24, 2.45) is 4.99 Å². The highest BCUT2D eigenvalue weighted by atomic mass is 32.1. The summed E-state index contributed by atoms with van der Waals surface area (Å²) in [6, 6.07) is 15.5. The molecule has 0 saturated heterocycles. The molecule has 0 aliphatic carbocycles. The van der Waals surface area contributed by atoms with Crippen LogP contribution in [0, 0.1) is 0 Å². The van der Waals surface area contributed by atoms with Gasteiger partial charge in [0.2, 0.25) is 5.88 Å². The predicted octanol–water partition coefficient (Wildman–Crippen LogP) is 3.06. The van der Waals surface area contributed by atoms with Crippen LogP contribution in [0.1, 0.15) is 4.88 Å². The molecule has 0 radical (unpaired) electrons.